The first-order valence-electron chi connectivity index (χ1n) is 6.23. The Labute approximate surface area is 121 Å². The SMILES string of the molecule is Cc1ccc(C(=O)Nc2ccc(CCC(=O)O)cc2)s1. The molecule has 4 nitrogen and oxygen atoms in total. The quantitative estimate of drug-likeness (QED) is 0.887. The summed E-state index contributed by atoms with van der Waals surface area (Å²) in [7, 11) is 0. The number of aliphatic carboxylic acids is 1. The van der Waals surface area contributed by atoms with Crippen molar-refractivity contribution in [2.75, 3.05) is 5.32 Å². The van der Waals surface area contributed by atoms with Gasteiger partial charge in [0, 0.05) is 17.0 Å². The summed E-state index contributed by atoms with van der Waals surface area (Å²) < 4.78 is 0. The molecule has 0 spiro atoms. The minimum Gasteiger partial charge on any atom is -0.481 e. The Bertz CT molecular complexity index is 616. The van der Waals surface area contributed by atoms with E-state index in [0.717, 1.165) is 10.4 Å². The molecule has 0 saturated heterocycles. The van der Waals surface area contributed by atoms with Crippen LogP contribution in [0.2, 0.25) is 0 Å². The summed E-state index contributed by atoms with van der Waals surface area (Å²) in [5.41, 5.74) is 1.65. The molecule has 1 aromatic heterocycles. The lowest BCUT2D eigenvalue weighted by Crippen LogP contribution is -2.10. The molecule has 1 aromatic carbocycles. The lowest BCUT2D eigenvalue weighted by atomic mass is 10.1. The summed E-state index contributed by atoms with van der Waals surface area (Å²) in [6.07, 6.45) is 0.605. The number of carbonyl (C=O) groups excluding carboxylic acids is 1. The van der Waals surface area contributed by atoms with E-state index in [2.05, 4.69) is 5.32 Å². The van der Waals surface area contributed by atoms with Gasteiger partial charge in [0.15, 0.2) is 0 Å². The molecule has 2 rings (SSSR count). The minimum atomic E-state index is -0.810. The zero-order valence-corrected chi connectivity index (χ0v) is 11.9. The minimum absolute atomic E-state index is 0.111. The van der Waals surface area contributed by atoms with E-state index in [4.69, 9.17) is 5.11 Å². The molecule has 0 fully saturated rings. The van der Waals surface area contributed by atoms with Crippen molar-refractivity contribution in [2.24, 2.45) is 0 Å². The number of carboxylic acid groups (broad SMARTS) is 1. The van der Waals surface area contributed by atoms with Crippen LogP contribution in [0, 0.1) is 6.92 Å². The van der Waals surface area contributed by atoms with E-state index in [-0.39, 0.29) is 12.3 Å². The average molecular weight is 289 g/mol. The highest BCUT2D eigenvalue weighted by Gasteiger charge is 2.08. The lowest BCUT2D eigenvalue weighted by Gasteiger charge is -2.05. The Morgan fingerprint density at radius 3 is 2.40 bits per heavy atom. The van der Waals surface area contributed by atoms with E-state index in [1.54, 1.807) is 18.2 Å². The number of rotatable bonds is 5. The number of anilines is 1. The van der Waals surface area contributed by atoms with Gasteiger partial charge in [-0.15, -0.1) is 11.3 Å². The van der Waals surface area contributed by atoms with Crippen LogP contribution in [0.25, 0.3) is 0 Å². The fourth-order valence-electron chi connectivity index (χ4n) is 1.76. The predicted octanol–water partition coefficient (Wildman–Crippen LogP) is 3.33. The fourth-order valence-corrected chi connectivity index (χ4v) is 2.52. The standard InChI is InChI=1S/C15H15NO3S/c1-10-2-8-13(20-10)15(19)16-12-6-3-11(4-7-12)5-9-14(17)18/h2-4,6-8H,5,9H2,1H3,(H,16,19)(H,17,18). The molecule has 104 valence electrons. The number of thiophene rings is 1. The van der Waals surface area contributed by atoms with E-state index in [1.165, 1.54) is 11.3 Å². The van der Waals surface area contributed by atoms with Crippen LogP contribution in [0.3, 0.4) is 0 Å². The Morgan fingerprint density at radius 2 is 1.85 bits per heavy atom. The summed E-state index contributed by atoms with van der Waals surface area (Å²) in [6, 6.07) is 11.0. The molecule has 0 aliphatic heterocycles. The van der Waals surface area contributed by atoms with Crippen LogP contribution >= 0.6 is 11.3 Å². The summed E-state index contributed by atoms with van der Waals surface area (Å²) in [5, 5.41) is 11.4. The first-order chi connectivity index (χ1) is 9.54. The number of hydrogen-bond donors (Lipinski definition) is 2. The molecule has 0 aliphatic rings. The largest absolute Gasteiger partial charge is 0.481 e. The molecule has 0 unspecified atom stereocenters. The van der Waals surface area contributed by atoms with Crippen LogP contribution in [-0.4, -0.2) is 17.0 Å². The maximum atomic E-state index is 11.9. The first kappa shape index (κ1) is 14.3. The maximum Gasteiger partial charge on any atom is 0.303 e. The van der Waals surface area contributed by atoms with Crippen LogP contribution in [0.5, 0.6) is 0 Å². The topological polar surface area (TPSA) is 66.4 Å². The molecule has 0 aliphatic carbocycles. The van der Waals surface area contributed by atoms with E-state index in [1.807, 2.05) is 25.1 Å². The third-order valence-corrected chi connectivity index (χ3v) is 3.80. The van der Waals surface area contributed by atoms with Gasteiger partial charge in [0.25, 0.3) is 5.91 Å². The maximum absolute atomic E-state index is 11.9. The number of carbonyl (C=O) groups is 2. The lowest BCUT2D eigenvalue weighted by molar-refractivity contribution is -0.136. The van der Waals surface area contributed by atoms with Crippen LogP contribution in [-0.2, 0) is 11.2 Å². The van der Waals surface area contributed by atoms with Crippen LogP contribution < -0.4 is 5.32 Å². The predicted molar refractivity (Wildman–Crippen MR) is 79.4 cm³/mol. The number of amides is 1. The Hall–Kier alpha value is -2.14. The van der Waals surface area contributed by atoms with Crippen LogP contribution in [0.4, 0.5) is 5.69 Å². The Kier molecular flexibility index (Phi) is 4.53. The van der Waals surface area contributed by atoms with Gasteiger partial charge in [-0.1, -0.05) is 12.1 Å². The molecule has 0 saturated carbocycles. The number of nitrogens with one attached hydrogen (secondary N) is 1. The molecule has 5 heteroatoms. The van der Waals surface area contributed by atoms with Gasteiger partial charge in [-0.05, 0) is 43.2 Å². The molecule has 0 bridgehead atoms. The molecule has 2 N–H and O–H groups in total. The van der Waals surface area contributed by atoms with Crippen LogP contribution in [0.1, 0.15) is 26.5 Å². The van der Waals surface area contributed by atoms with Crippen molar-refractivity contribution in [1.82, 2.24) is 0 Å². The second-order valence-corrected chi connectivity index (χ2v) is 5.74. The summed E-state index contributed by atoms with van der Waals surface area (Å²) in [4.78, 5) is 24.2. The van der Waals surface area contributed by atoms with Crippen molar-refractivity contribution < 1.29 is 14.7 Å². The summed E-state index contributed by atoms with van der Waals surface area (Å²) in [5.74, 6) is -0.933. The van der Waals surface area contributed by atoms with E-state index in [0.29, 0.717) is 17.0 Å². The third kappa shape index (κ3) is 3.93. The molecule has 0 radical (unpaired) electrons. The zero-order chi connectivity index (χ0) is 14.5. The van der Waals surface area contributed by atoms with E-state index >= 15 is 0 Å². The van der Waals surface area contributed by atoms with Gasteiger partial charge < -0.3 is 10.4 Å². The van der Waals surface area contributed by atoms with Crippen molar-refractivity contribution in [3.8, 4) is 0 Å². The van der Waals surface area contributed by atoms with E-state index in [9.17, 15) is 9.59 Å². The van der Waals surface area contributed by atoms with Gasteiger partial charge in [-0.25, -0.2) is 0 Å². The van der Waals surface area contributed by atoms with Crippen molar-refractivity contribution in [2.45, 2.75) is 19.8 Å². The van der Waals surface area contributed by atoms with Gasteiger partial charge in [-0.3, -0.25) is 9.59 Å². The number of benzene rings is 1. The first-order valence-corrected chi connectivity index (χ1v) is 7.05. The second kappa shape index (κ2) is 6.34. The summed E-state index contributed by atoms with van der Waals surface area (Å²) in [6.45, 7) is 1.96. The van der Waals surface area contributed by atoms with E-state index < -0.39 is 5.97 Å². The molecule has 2 aromatic rings. The van der Waals surface area contributed by atoms with Crippen molar-refractivity contribution in [3.63, 3.8) is 0 Å². The average Bonchev–Trinajstić information content (AvgIpc) is 2.85. The normalized spacial score (nSPS) is 10.2. The Morgan fingerprint density at radius 1 is 1.15 bits per heavy atom. The monoisotopic (exact) mass is 289 g/mol. The zero-order valence-electron chi connectivity index (χ0n) is 11.1. The molecule has 1 amide bonds. The van der Waals surface area contributed by atoms with Crippen LogP contribution in [0.15, 0.2) is 36.4 Å². The second-order valence-electron chi connectivity index (χ2n) is 4.46. The number of aryl methyl sites for hydroxylation is 2. The van der Waals surface area contributed by atoms with Crippen molar-refractivity contribution in [1.29, 1.82) is 0 Å². The van der Waals surface area contributed by atoms with Gasteiger partial charge in [-0.2, -0.15) is 0 Å². The Balaban J connectivity index is 1.96. The molecule has 1 heterocycles. The van der Waals surface area contributed by atoms with Crippen molar-refractivity contribution >= 4 is 28.9 Å². The van der Waals surface area contributed by atoms with Gasteiger partial charge >= 0.3 is 5.97 Å². The smallest absolute Gasteiger partial charge is 0.303 e. The molecule has 20 heavy (non-hydrogen) atoms. The highest BCUT2D eigenvalue weighted by atomic mass is 32.1. The highest BCUT2D eigenvalue weighted by molar-refractivity contribution is 7.14. The molecular formula is C15H15NO3S. The van der Waals surface area contributed by atoms with Gasteiger partial charge in [0.05, 0.1) is 4.88 Å². The summed E-state index contributed by atoms with van der Waals surface area (Å²) >= 11 is 1.45. The number of carboxylic acids is 1. The fraction of sp³-hybridized carbons (Fsp3) is 0.200. The highest BCUT2D eigenvalue weighted by Crippen LogP contribution is 2.18. The number of hydrogen-bond acceptors (Lipinski definition) is 3. The van der Waals surface area contributed by atoms with Crippen molar-refractivity contribution in [3.05, 3.63) is 51.7 Å². The molecular weight excluding hydrogens is 274 g/mol. The van der Waals surface area contributed by atoms with Gasteiger partial charge in [0.2, 0.25) is 0 Å². The molecule has 0 atom stereocenters. The van der Waals surface area contributed by atoms with Gasteiger partial charge in [0.1, 0.15) is 0 Å². The third-order valence-electron chi connectivity index (χ3n) is 2.80.